The molecule has 18 heavy (non-hydrogen) atoms. The quantitative estimate of drug-likeness (QED) is 0.868. The standard InChI is InChI=1S/C14H17N3O/c1-10(16)14(18)17(13-5-6-13)9-12-4-2-3-11(7-12)8-15/h2-4,7,10,13H,5-6,9,16H2,1H3/t10-/m0/s1. The molecule has 0 aromatic heterocycles. The molecule has 0 bridgehead atoms. The van der Waals surface area contributed by atoms with Crippen molar-refractivity contribution in [3.63, 3.8) is 0 Å². The van der Waals surface area contributed by atoms with E-state index in [2.05, 4.69) is 6.07 Å². The molecule has 0 saturated heterocycles. The molecule has 0 radical (unpaired) electrons. The number of benzene rings is 1. The first kappa shape index (κ1) is 12.6. The summed E-state index contributed by atoms with van der Waals surface area (Å²) in [6.07, 6.45) is 2.10. The lowest BCUT2D eigenvalue weighted by molar-refractivity contribution is -0.133. The van der Waals surface area contributed by atoms with Crippen molar-refractivity contribution >= 4 is 5.91 Å². The average molecular weight is 243 g/mol. The molecule has 4 nitrogen and oxygen atoms in total. The number of carbonyl (C=O) groups excluding carboxylic acids is 1. The number of hydrogen-bond acceptors (Lipinski definition) is 3. The summed E-state index contributed by atoms with van der Waals surface area (Å²) in [4.78, 5) is 13.9. The molecule has 0 heterocycles. The predicted octanol–water partition coefficient (Wildman–Crippen LogP) is 1.40. The van der Waals surface area contributed by atoms with Gasteiger partial charge in [0.05, 0.1) is 17.7 Å². The van der Waals surface area contributed by atoms with Crippen LogP contribution >= 0.6 is 0 Å². The minimum Gasteiger partial charge on any atom is -0.334 e. The maximum atomic E-state index is 12.0. The fourth-order valence-electron chi connectivity index (χ4n) is 1.97. The third-order valence-electron chi connectivity index (χ3n) is 3.07. The van der Waals surface area contributed by atoms with E-state index in [1.54, 1.807) is 13.0 Å². The van der Waals surface area contributed by atoms with Crippen LogP contribution in [-0.2, 0) is 11.3 Å². The Kier molecular flexibility index (Phi) is 3.63. The van der Waals surface area contributed by atoms with Crippen molar-refractivity contribution in [2.45, 2.75) is 38.4 Å². The van der Waals surface area contributed by atoms with E-state index in [1.165, 1.54) is 0 Å². The third-order valence-corrected chi connectivity index (χ3v) is 3.07. The fraction of sp³-hybridized carbons (Fsp3) is 0.429. The Labute approximate surface area is 107 Å². The van der Waals surface area contributed by atoms with Crippen LogP contribution in [-0.4, -0.2) is 22.9 Å². The average Bonchev–Trinajstić information content (AvgIpc) is 3.19. The van der Waals surface area contributed by atoms with E-state index < -0.39 is 6.04 Å². The van der Waals surface area contributed by atoms with Crippen LogP contribution in [0, 0.1) is 11.3 Å². The highest BCUT2D eigenvalue weighted by Gasteiger charge is 2.33. The van der Waals surface area contributed by atoms with Crippen molar-refractivity contribution in [1.82, 2.24) is 4.90 Å². The van der Waals surface area contributed by atoms with E-state index in [0.29, 0.717) is 18.2 Å². The predicted molar refractivity (Wildman–Crippen MR) is 68.4 cm³/mol. The number of nitriles is 1. The Balaban J connectivity index is 2.13. The SMILES string of the molecule is C[C@H](N)C(=O)N(Cc1cccc(C#N)c1)C1CC1. The summed E-state index contributed by atoms with van der Waals surface area (Å²) in [6, 6.07) is 9.33. The largest absolute Gasteiger partial charge is 0.334 e. The molecule has 4 heteroatoms. The molecule has 1 aromatic carbocycles. The molecule has 0 aliphatic heterocycles. The Morgan fingerprint density at radius 3 is 2.89 bits per heavy atom. The number of rotatable bonds is 4. The maximum absolute atomic E-state index is 12.0. The lowest BCUT2D eigenvalue weighted by atomic mass is 10.1. The molecule has 1 saturated carbocycles. The summed E-state index contributed by atoms with van der Waals surface area (Å²) >= 11 is 0. The first-order valence-electron chi connectivity index (χ1n) is 6.17. The van der Waals surface area contributed by atoms with Gasteiger partial charge in [-0.3, -0.25) is 4.79 Å². The van der Waals surface area contributed by atoms with Crippen molar-refractivity contribution in [1.29, 1.82) is 5.26 Å². The van der Waals surface area contributed by atoms with Crippen molar-refractivity contribution in [3.8, 4) is 6.07 Å². The van der Waals surface area contributed by atoms with E-state index in [9.17, 15) is 4.79 Å². The zero-order valence-corrected chi connectivity index (χ0v) is 10.5. The van der Waals surface area contributed by atoms with Crippen molar-refractivity contribution in [2.75, 3.05) is 0 Å². The van der Waals surface area contributed by atoms with Gasteiger partial charge < -0.3 is 10.6 Å². The minimum absolute atomic E-state index is 0.0140. The van der Waals surface area contributed by atoms with Crippen LogP contribution in [0.4, 0.5) is 0 Å². The van der Waals surface area contributed by atoms with E-state index in [-0.39, 0.29) is 5.91 Å². The molecule has 1 aliphatic carbocycles. The van der Waals surface area contributed by atoms with Gasteiger partial charge in [-0.25, -0.2) is 0 Å². The third kappa shape index (κ3) is 2.88. The lowest BCUT2D eigenvalue weighted by Gasteiger charge is -2.24. The van der Waals surface area contributed by atoms with Gasteiger partial charge in [-0.05, 0) is 37.5 Å². The summed E-state index contributed by atoms with van der Waals surface area (Å²) in [5.41, 5.74) is 7.27. The Morgan fingerprint density at radius 2 is 2.33 bits per heavy atom. The number of nitrogens with two attached hydrogens (primary N) is 1. The minimum atomic E-state index is -0.468. The van der Waals surface area contributed by atoms with Crippen molar-refractivity contribution in [2.24, 2.45) is 5.73 Å². The summed E-state index contributed by atoms with van der Waals surface area (Å²) in [7, 11) is 0. The van der Waals surface area contributed by atoms with E-state index >= 15 is 0 Å². The van der Waals surface area contributed by atoms with Crippen LogP contribution in [0.1, 0.15) is 30.9 Å². The molecule has 1 aromatic rings. The van der Waals surface area contributed by atoms with Crippen LogP contribution in [0.25, 0.3) is 0 Å². The number of carbonyl (C=O) groups is 1. The number of amides is 1. The van der Waals surface area contributed by atoms with Crippen LogP contribution in [0.2, 0.25) is 0 Å². The topological polar surface area (TPSA) is 70.1 Å². The molecular weight excluding hydrogens is 226 g/mol. The fourth-order valence-corrected chi connectivity index (χ4v) is 1.97. The van der Waals surface area contributed by atoms with Gasteiger partial charge in [-0.2, -0.15) is 5.26 Å². The smallest absolute Gasteiger partial charge is 0.239 e. The molecular formula is C14H17N3O. The van der Waals surface area contributed by atoms with Gasteiger partial charge in [-0.1, -0.05) is 12.1 Å². The first-order chi connectivity index (χ1) is 8.61. The van der Waals surface area contributed by atoms with Crippen LogP contribution in [0.3, 0.4) is 0 Å². The van der Waals surface area contributed by atoms with E-state index in [1.807, 2.05) is 23.1 Å². The van der Waals surface area contributed by atoms with Crippen LogP contribution < -0.4 is 5.73 Å². The normalized spacial score (nSPS) is 15.8. The van der Waals surface area contributed by atoms with Gasteiger partial charge in [-0.15, -0.1) is 0 Å². The van der Waals surface area contributed by atoms with E-state index in [4.69, 9.17) is 11.0 Å². The highest BCUT2D eigenvalue weighted by Crippen LogP contribution is 2.28. The molecule has 1 fully saturated rings. The summed E-state index contributed by atoms with van der Waals surface area (Å²) in [5.74, 6) is -0.0140. The Hall–Kier alpha value is -1.86. The second-order valence-electron chi connectivity index (χ2n) is 4.80. The molecule has 2 rings (SSSR count). The highest BCUT2D eigenvalue weighted by atomic mass is 16.2. The molecule has 94 valence electrons. The molecule has 1 atom stereocenters. The van der Waals surface area contributed by atoms with E-state index in [0.717, 1.165) is 18.4 Å². The van der Waals surface area contributed by atoms with Gasteiger partial charge in [0, 0.05) is 12.6 Å². The first-order valence-corrected chi connectivity index (χ1v) is 6.17. The van der Waals surface area contributed by atoms with Gasteiger partial charge in [0.1, 0.15) is 0 Å². The number of nitrogens with zero attached hydrogens (tertiary/aromatic N) is 2. The molecule has 1 aliphatic rings. The van der Waals surface area contributed by atoms with Crippen LogP contribution in [0.15, 0.2) is 24.3 Å². The molecule has 2 N–H and O–H groups in total. The van der Waals surface area contributed by atoms with Gasteiger partial charge in [0.25, 0.3) is 0 Å². The summed E-state index contributed by atoms with van der Waals surface area (Å²) in [5, 5.41) is 8.86. The monoisotopic (exact) mass is 243 g/mol. The lowest BCUT2D eigenvalue weighted by Crippen LogP contribution is -2.42. The summed E-state index contributed by atoms with van der Waals surface area (Å²) in [6.45, 7) is 2.25. The summed E-state index contributed by atoms with van der Waals surface area (Å²) < 4.78 is 0. The van der Waals surface area contributed by atoms with Crippen molar-refractivity contribution < 1.29 is 4.79 Å². The van der Waals surface area contributed by atoms with Gasteiger partial charge >= 0.3 is 0 Å². The molecule has 0 unspecified atom stereocenters. The Bertz CT molecular complexity index is 486. The molecule has 1 amide bonds. The van der Waals surface area contributed by atoms with Gasteiger partial charge in [0.2, 0.25) is 5.91 Å². The number of hydrogen-bond donors (Lipinski definition) is 1. The second-order valence-corrected chi connectivity index (χ2v) is 4.80. The maximum Gasteiger partial charge on any atom is 0.239 e. The zero-order chi connectivity index (χ0) is 13.1. The molecule has 0 spiro atoms. The zero-order valence-electron chi connectivity index (χ0n) is 10.5. The van der Waals surface area contributed by atoms with Gasteiger partial charge in [0.15, 0.2) is 0 Å². The second kappa shape index (κ2) is 5.19. The van der Waals surface area contributed by atoms with Crippen LogP contribution in [0.5, 0.6) is 0 Å². The Morgan fingerprint density at radius 1 is 1.61 bits per heavy atom. The highest BCUT2D eigenvalue weighted by molar-refractivity contribution is 5.81. The van der Waals surface area contributed by atoms with Crippen molar-refractivity contribution in [3.05, 3.63) is 35.4 Å².